The second-order valence-electron chi connectivity index (χ2n) is 3.57. The highest BCUT2D eigenvalue weighted by molar-refractivity contribution is 8.00. The van der Waals surface area contributed by atoms with Crippen LogP contribution in [-0.4, -0.2) is 21.6 Å². The molecule has 0 spiro atoms. The molecule has 0 aliphatic rings. The van der Waals surface area contributed by atoms with Crippen molar-refractivity contribution in [3.63, 3.8) is 0 Å². The van der Waals surface area contributed by atoms with Gasteiger partial charge in [0.05, 0.1) is 29.3 Å². The maximum absolute atomic E-state index is 11.6. The second-order valence-corrected chi connectivity index (χ2v) is 5.00. The molecule has 94 valence electrons. The molecule has 4 nitrogen and oxygen atoms in total. The molecule has 18 heavy (non-hydrogen) atoms. The summed E-state index contributed by atoms with van der Waals surface area (Å²) >= 11 is 7.42. The molecule has 0 saturated heterocycles. The van der Waals surface area contributed by atoms with E-state index in [1.165, 1.54) is 11.8 Å². The van der Waals surface area contributed by atoms with Crippen molar-refractivity contribution in [3.8, 4) is 0 Å². The number of imidazole rings is 1. The zero-order chi connectivity index (χ0) is 12.8. The lowest BCUT2D eigenvalue weighted by Crippen LogP contribution is -2.24. The van der Waals surface area contributed by atoms with Gasteiger partial charge in [-0.05, 0) is 12.1 Å². The standard InChI is InChI=1S/C12H12ClN3OS/c13-10-3-1-2-4-11(10)18-7-12(17)15-6-9-5-14-8-16-9/h1-5,8H,6-7H2,(H,14,16)(H,15,17). The monoisotopic (exact) mass is 281 g/mol. The molecule has 1 aromatic carbocycles. The highest BCUT2D eigenvalue weighted by Gasteiger charge is 2.05. The number of nitrogens with zero attached hydrogens (tertiary/aromatic N) is 1. The van der Waals surface area contributed by atoms with Crippen molar-refractivity contribution in [2.24, 2.45) is 0 Å². The number of halogens is 1. The van der Waals surface area contributed by atoms with Gasteiger partial charge in [0.25, 0.3) is 0 Å². The smallest absolute Gasteiger partial charge is 0.230 e. The minimum absolute atomic E-state index is 0.0329. The van der Waals surface area contributed by atoms with E-state index in [9.17, 15) is 4.79 Å². The first kappa shape index (κ1) is 13.0. The van der Waals surface area contributed by atoms with Crippen LogP contribution >= 0.6 is 23.4 Å². The summed E-state index contributed by atoms with van der Waals surface area (Å²) in [6.45, 7) is 0.460. The molecule has 2 N–H and O–H groups in total. The summed E-state index contributed by atoms with van der Waals surface area (Å²) in [6.07, 6.45) is 3.27. The van der Waals surface area contributed by atoms with E-state index < -0.39 is 0 Å². The van der Waals surface area contributed by atoms with E-state index in [2.05, 4.69) is 15.3 Å². The summed E-state index contributed by atoms with van der Waals surface area (Å²) in [5, 5.41) is 3.47. The predicted octanol–water partition coefficient (Wildman–Crippen LogP) is 2.47. The van der Waals surface area contributed by atoms with Gasteiger partial charge in [0.1, 0.15) is 0 Å². The van der Waals surface area contributed by atoms with E-state index in [0.29, 0.717) is 17.3 Å². The van der Waals surface area contributed by atoms with Crippen molar-refractivity contribution < 1.29 is 4.79 Å². The molecule has 0 aliphatic heterocycles. The van der Waals surface area contributed by atoms with E-state index in [-0.39, 0.29) is 5.91 Å². The zero-order valence-electron chi connectivity index (χ0n) is 9.52. The summed E-state index contributed by atoms with van der Waals surface area (Å²) in [5.41, 5.74) is 0.881. The van der Waals surface area contributed by atoms with Crippen LogP contribution in [0.5, 0.6) is 0 Å². The Balaban J connectivity index is 1.77. The molecule has 0 saturated carbocycles. The van der Waals surface area contributed by atoms with Crippen LogP contribution in [0.15, 0.2) is 41.7 Å². The third kappa shape index (κ3) is 3.78. The van der Waals surface area contributed by atoms with Crippen LogP contribution in [-0.2, 0) is 11.3 Å². The maximum atomic E-state index is 11.6. The number of H-pyrrole nitrogens is 1. The summed E-state index contributed by atoms with van der Waals surface area (Å²) in [4.78, 5) is 19.3. The highest BCUT2D eigenvalue weighted by Crippen LogP contribution is 2.26. The van der Waals surface area contributed by atoms with Gasteiger partial charge in [-0.15, -0.1) is 11.8 Å². The van der Waals surface area contributed by atoms with Crippen molar-refractivity contribution in [2.75, 3.05) is 5.75 Å². The van der Waals surface area contributed by atoms with Crippen LogP contribution in [0.2, 0.25) is 5.02 Å². The van der Waals surface area contributed by atoms with E-state index in [1.807, 2.05) is 24.3 Å². The van der Waals surface area contributed by atoms with Gasteiger partial charge in [-0.25, -0.2) is 4.98 Å². The molecular weight excluding hydrogens is 270 g/mol. The molecule has 1 heterocycles. The van der Waals surface area contributed by atoms with E-state index >= 15 is 0 Å². The lowest BCUT2D eigenvalue weighted by Gasteiger charge is -2.05. The van der Waals surface area contributed by atoms with Crippen LogP contribution in [0.4, 0.5) is 0 Å². The molecule has 1 amide bonds. The number of amides is 1. The molecule has 0 bridgehead atoms. The van der Waals surface area contributed by atoms with Crippen LogP contribution in [0.1, 0.15) is 5.69 Å². The van der Waals surface area contributed by atoms with Crippen molar-refractivity contribution in [1.29, 1.82) is 0 Å². The topological polar surface area (TPSA) is 57.8 Å². The highest BCUT2D eigenvalue weighted by atomic mass is 35.5. The maximum Gasteiger partial charge on any atom is 0.230 e. The summed E-state index contributed by atoms with van der Waals surface area (Å²) in [7, 11) is 0. The van der Waals surface area contributed by atoms with E-state index in [0.717, 1.165) is 10.6 Å². The third-order valence-electron chi connectivity index (χ3n) is 2.23. The SMILES string of the molecule is O=C(CSc1ccccc1Cl)NCc1cnc[nH]1. The first-order valence-corrected chi connectivity index (χ1v) is 6.73. The fraction of sp³-hybridized carbons (Fsp3) is 0.167. The fourth-order valence-corrected chi connectivity index (χ4v) is 2.40. The van der Waals surface area contributed by atoms with Crippen molar-refractivity contribution in [1.82, 2.24) is 15.3 Å². The molecule has 0 unspecified atom stereocenters. The number of aromatic amines is 1. The van der Waals surface area contributed by atoms with Crippen molar-refractivity contribution in [3.05, 3.63) is 47.5 Å². The first-order valence-electron chi connectivity index (χ1n) is 5.37. The molecule has 0 radical (unpaired) electrons. The number of nitrogens with one attached hydrogen (secondary N) is 2. The number of hydrogen-bond acceptors (Lipinski definition) is 3. The first-order chi connectivity index (χ1) is 8.75. The lowest BCUT2D eigenvalue weighted by molar-refractivity contribution is -0.118. The molecule has 1 aromatic heterocycles. The Labute approximate surface area is 114 Å². The molecule has 6 heteroatoms. The molecule has 2 aromatic rings. The number of carbonyl (C=O) groups is 1. The minimum Gasteiger partial charge on any atom is -0.350 e. The van der Waals surface area contributed by atoms with Crippen LogP contribution in [0, 0.1) is 0 Å². The van der Waals surface area contributed by atoms with Crippen LogP contribution < -0.4 is 5.32 Å². The minimum atomic E-state index is -0.0329. The number of carbonyl (C=O) groups excluding carboxylic acids is 1. The van der Waals surface area contributed by atoms with Gasteiger partial charge in [0.15, 0.2) is 0 Å². The largest absolute Gasteiger partial charge is 0.350 e. The van der Waals surface area contributed by atoms with Crippen molar-refractivity contribution >= 4 is 29.3 Å². The summed E-state index contributed by atoms with van der Waals surface area (Å²) < 4.78 is 0. The molecular formula is C12H12ClN3OS. The van der Waals surface area contributed by atoms with Gasteiger partial charge in [-0.2, -0.15) is 0 Å². The van der Waals surface area contributed by atoms with Crippen molar-refractivity contribution in [2.45, 2.75) is 11.4 Å². The van der Waals surface area contributed by atoms with Crippen LogP contribution in [0.25, 0.3) is 0 Å². The number of rotatable bonds is 5. The van der Waals surface area contributed by atoms with Crippen LogP contribution in [0.3, 0.4) is 0 Å². The van der Waals surface area contributed by atoms with Gasteiger partial charge >= 0.3 is 0 Å². The lowest BCUT2D eigenvalue weighted by atomic mass is 10.4. The molecule has 0 atom stereocenters. The van der Waals surface area contributed by atoms with E-state index in [4.69, 9.17) is 11.6 Å². The average Bonchev–Trinajstić information content (AvgIpc) is 2.88. The second kappa shape index (κ2) is 6.47. The summed E-state index contributed by atoms with van der Waals surface area (Å²) in [5.74, 6) is 0.312. The Hall–Kier alpha value is -1.46. The fourth-order valence-electron chi connectivity index (χ4n) is 1.33. The third-order valence-corrected chi connectivity index (χ3v) is 3.74. The Kier molecular flexibility index (Phi) is 4.66. The molecule has 0 aliphatic carbocycles. The zero-order valence-corrected chi connectivity index (χ0v) is 11.1. The summed E-state index contributed by atoms with van der Waals surface area (Å²) in [6, 6.07) is 7.48. The number of aromatic nitrogens is 2. The van der Waals surface area contributed by atoms with Gasteiger partial charge in [-0.3, -0.25) is 4.79 Å². The Morgan fingerprint density at radius 2 is 2.28 bits per heavy atom. The van der Waals surface area contributed by atoms with Gasteiger partial charge < -0.3 is 10.3 Å². The molecule has 2 rings (SSSR count). The number of benzene rings is 1. The Bertz CT molecular complexity index is 516. The normalized spacial score (nSPS) is 10.3. The number of hydrogen-bond donors (Lipinski definition) is 2. The Morgan fingerprint density at radius 1 is 1.44 bits per heavy atom. The number of thioether (sulfide) groups is 1. The predicted molar refractivity (Wildman–Crippen MR) is 72.6 cm³/mol. The van der Waals surface area contributed by atoms with Gasteiger partial charge in [0.2, 0.25) is 5.91 Å². The van der Waals surface area contributed by atoms with E-state index in [1.54, 1.807) is 12.5 Å². The Morgan fingerprint density at radius 3 is 3.00 bits per heavy atom. The average molecular weight is 282 g/mol. The van der Waals surface area contributed by atoms with Gasteiger partial charge in [-0.1, -0.05) is 23.7 Å². The van der Waals surface area contributed by atoms with Gasteiger partial charge in [0, 0.05) is 11.1 Å². The quantitative estimate of drug-likeness (QED) is 0.828. The molecule has 0 fully saturated rings.